The van der Waals surface area contributed by atoms with Gasteiger partial charge in [0.05, 0.1) is 7.11 Å². The molecule has 1 N–H and O–H groups in total. The summed E-state index contributed by atoms with van der Waals surface area (Å²) < 4.78 is 5.32. The number of para-hydroxylation sites is 1. The highest BCUT2D eigenvalue weighted by Crippen LogP contribution is 2.21. The van der Waals surface area contributed by atoms with Crippen molar-refractivity contribution in [2.75, 3.05) is 13.7 Å². The molecule has 114 valence electrons. The molecule has 2 rings (SSSR count). The number of nitrogens with zero attached hydrogens (tertiary/aromatic N) is 1. The van der Waals surface area contributed by atoms with E-state index in [-0.39, 0.29) is 11.8 Å². The molecular formula is C16H22N2O3. The Balaban J connectivity index is 2.14. The predicted molar refractivity (Wildman–Crippen MR) is 80.1 cm³/mol. The van der Waals surface area contributed by atoms with Crippen molar-refractivity contribution in [2.24, 2.45) is 0 Å². The summed E-state index contributed by atoms with van der Waals surface area (Å²) in [5, 5.41) is 2.75. The van der Waals surface area contributed by atoms with Gasteiger partial charge in [-0.05, 0) is 38.8 Å². The van der Waals surface area contributed by atoms with Gasteiger partial charge in [-0.3, -0.25) is 9.59 Å². The van der Waals surface area contributed by atoms with Gasteiger partial charge in [-0.15, -0.1) is 0 Å². The number of amides is 2. The number of nitrogens with one attached hydrogen (secondary N) is 1. The van der Waals surface area contributed by atoms with Gasteiger partial charge < -0.3 is 15.0 Å². The highest BCUT2D eigenvalue weighted by molar-refractivity contribution is 5.99. The number of rotatable bonds is 4. The van der Waals surface area contributed by atoms with Crippen LogP contribution in [0.4, 0.5) is 0 Å². The summed E-state index contributed by atoms with van der Waals surface area (Å²) in [7, 11) is 1.63. The number of methoxy groups -OCH3 is 1. The van der Waals surface area contributed by atoms with Gasteiger partial charge in [-0.2, -0.15) is 0 Å². The first kappa shape index (κ1) is 15.4. The highest BCUT2D eigenvalue weighted by atomic mass is 16.5. The summed E-state index contributed by atoms with van der Waals surface area (Å²) >= 11 is 0. The summed E-state index contributed by atoms with van der Waals surface area (Å²) in [6, 6.07) is 7.28. The number of benzene rings is 1. The Labute approximate surface area is 125 Å². The van der Waals surface area contributed by atoms with E-state index in [9.17, 15) is 9.59 Å². The molecule has 0 spiro atoms. The van der Waals surface area contributed by atoms with Gasteiger partial charge in [-0.25, -0.2) is 0 Å². The van der Waals surface area contributed by atoms with Crippen LogP contribution in [-0.2, 0) is 16.0 Å². The number of carbonyl (C=O) groups is 2. The number of carbonyl (C=O) groups excluding carboxylic acids is 2. The van der Waals surface area contributed by atoms with E-state index < -0.39 is 11.6 Å². The number of hydrogen-bond donors (Lipinski definition) is 1. The van der Waals surface area contributed by atoms with Gasteiger partial charge in [-0.1, -0.05) is 18.2 Å². The Bertz CT molecular complexity index is 554. The smallest absolute Gasteiger partial charge is 0.248 e. The lowest BCUT2D eigenvalue weighted by Gasteiger charge is -2.41. The molecule has 1 aliphatic heterocycles. The fourth-order valence-electron chi connectivity index (χ4n) is 2.59. The van der Waals surface area contributed by atoms with E-state index in [0.29, 0.717) is 13.0 Å². The molecule has 1 aliphatic rings. The number of ether oxygens (including phenoxy) is 1. The van der Waals surface area contributed by atoms with Gasteiger partial charge in [0.1, 0.15) is 17.3 Å². The van der Waals surface area contributed by atoms with Gasteiger partial charge >= 0.3 is 0 Å². The largest absolute Gasteiger partial charge is 0.496 e. The minimum Gasteiger partial charge on any atom is -0.496 e. The van der Waals surface area contributed by atoms with Crippen LogP contribution >= 0.6 is 0 Å². The topological polar surface area (TPSA) is 58.6 Å². The van der Waals surface area contributed by atoms with Crippen LogP contribution < -0.4 is 10.1 Å². The molecule has 0 saturated carbocycles. The van der Waals surface area contributed by atoms with Crippen LogP contribution in [-0.4, -0.2) is 41.9 Å². The van der Waals surface area contributed by atoms with Crippen molar-refractivity contribution in [3.05, 3.63) is 29.8 Å². The van der Waals surface area contributed by atoms with E-state index in [2.05, 4.69) is 5.32 Å². The standard InChI is InChI=1S/C16H22N2O3/c1-11-14(19)17-16(2,3)15(20)18(11)10-9-12-7-5-6-8-13(12)21-4/h5-8,11H,9-10H2,1-4H3,(H,17,19). The third kappa shape index (κ3) is 3.01. The molecule has 1 atom stereocenters. The second-order valence-electron chi connectivity index (χ2n) is 5.85. The Morgan fingerprint density at radius 3 is 2.62 bits per heavy atom. The van der Waals surface area contributed by atoms with Crippen LogP contribution in [0.5, 0.6) is 5.75 Å². The molecular weight excluding hydrogens is 268 g/mol. The van der Waals surface area contributed by atoms with E-state index >= 15 is 0 Å². The molecule has 0 aromatic heterocycles. The molecule has 0 aliphatic carbocycles. The lowest BCUT2D eigenvalue weighted by molar-refractivity contribution is -0.152. The van der Waals surface area contributed by atoms with Crippen molar-refractivity contribution in [3.8, 4) is 5.75 Å². The summed E-state index contributed by atoms with van der Waals surface area (Å²) in [5.41, 5.74) is 0.188. The first-order chi connectivity index (χ1) is 9.86. The quantitative estimate of drug-likeness (QED) is 0.911. The van der Waals surface area contributed by atoms with Gasteiger partial charge in [0.2, 0.25) is 11.8 Å². The van der Waals surface area contributed by atoms with Crippen LogP contribution in [0.15, 0.2) is 24.3 Å². The average Bonchev–Trinajstić information content (AvgIpc) is 2.45. The van der Waals surface area contributed by atoms with E-state index in [0.717, 1.165) is 11.3 Å². The lowest BCUT2D eigenvalue weighted by atomic mass is 9.96. The fraction of sp³-hybridized carbons (Fsp3) is 0.500. The SMILES string of the molecule is COc1ccccc1CCN1C(=O)C(C)(C)NC(=O)C1C. The average molecular weight is 290 g/mol. The van der Waals surface area contributed by atoms with Crippen molar-refractivity contribution in [3.63, 3.8) is 0 Å². The molecule has 1 aromatic carbocycles. The normalized spacial score (nSPS) is 21.1. The molecule has 5 nitrogen and oxygen atoms in total. The fourth-order valence-corrected chi connectivity index (χ4v) is 2.59. The zero-order chi connectivity index (χ0) is 15.6. The summed E-state index contributed by atoms with van der Waals surface area (Å²) in [6.07, 6.45) is 0.656. The Kier molecular flexibility index (Phi) is 4.21. The van der Waals surface area contributed by atoms with Crippen molar-refractivity contribution < 1.29 is 14.3 Å². The maximum Gasteiger partial charge on any atom is 0.248 e. The molecule has 0 radical (unpaired) electrons. The summed E-state index contributed by atoms with van der Waals surface area (Å²) in [6.45, 7) is 5.71. The predicted octanol–water partition coefficient (Wildman–Crippen LogP) is 1.36. The van der Waals surface area contributed by atoms with E-state index in [1.807, 2.05) is 24.3 Å². The maximum atomic E-state index is 12.5. The summed E-state index contributed by atoms with van der Waals surface area (Å²) in [4.78, 5) is 26.1. The zero-order valence-electron chi connectivity index (χ0n) is 13.0. The van der Waals surface area contributed by atoms with E-state index in [1.165, 1.54) is 0 Å². The lowest BCUT2D eigenvalue weighted by Crippen LogP contribution is -2.67. The first-order valence-electron chi connectivity index (χ1n) is 7.12. The van der Waals surface area contributed by atoms with E-state index in [1.54, 1.807) is 32.8 Å². The van der Waals surface area contributed by atoms with Crippen LogP contribution in [0.1, 0.15) is 26.3 Å². The molecule has 2 amide bonds. The zero-order valence-corrected chi connectivity index (χ0v) is 13.0. The minimum absolute atomic E-state index is 0.0514. The van der Waals surface area contributed by atoms with Crippen LogP contribution in [0.25, 0.3) is 0 Å². The second kappa shape index (κ2) is 5.76. The molecule has 1 aromatic rings. The first-order valence-corrected chi connectivity index (χ1v) is 7.12. The maximum absolute atomic E-state index is 12.5. The van der Waals surface area contributed by atoms with Crippen LogP contribution in [0, 0.1) is 0 Å². The van der Waals surface area contributed by atoms with Crippen LogP contribution in [0.2, 0.25) is 0 Å². The molecule has 5 heteroatoms. The number of piperazine rings is 1. The van der Waals surface area contributed by atoms with Crippen molar-refractivity contribution in [1.82, 2.24) is 10.2 Å². The van der Waals surface area contributed by atoms with Gasteiger partial charge in [0, 0.05) is 6.54 Å². The van der Waals surface area contributed by atoms with Gasteiger partial charge in [0.25, 0.3) is 0 Å². The van der Waals surface area contributed by atoms with Gasteiger partial charge in [0.15, 0.2) is 0 Å². The monoisotopic (exact) mass is 290 g/mol. The Morgan fingerprint density at radius 2 is 1.95 bits per heavy atom. The summed E-state index contributed by atoms with van der Waals surface area (Å²) in [5.74, 6) is 0.641. The molecule has 1 heterocycles. The Morgan fingerprint density at radius 1 is 1.29 bits per heavy atom. The minimum atomic E-state index is -0.843. The molecule has 1 unspecified atom stereocenters. The molecule has 0 bridgehead atoms. The molecule has 1 fully saturated rings. The molecule has 1 saturated heterocycles. The van der Waals surface area contributed by atoms with Crippen molar-refractivity contribution >= 4 is 11.8 Å². The van der Waals surface area contributed by atoms with E-state index in [4.69, 9.17) is 4.74 Å². The third-order valence-corrected chi connectivity index (χ3v) is 3.89. The third-order valence-electron chi connectivity index (χ3n) is 3.89. The van der Waals surface area contributed by atoms with Crippen molar-refractivity contribution in [1.29, 1.82) is 0 Å². The number of hydrogen-bond acceptors (Lipinski definition) is 3. The van der Waals surface area contributed by atoms with Crippen LogP contribution in [0.3, 0.4) is 0 Å². The molecule has 21 heavy (non-hydrogen) atoms. The van der Waals surface area contributed by atoms with Crippen molar-refractivity contribution in [2.45, 2.75) is 38.8 Å². The Hall–Kier alpha value is -2.04. The highest BCUT2D eigenvalue weighted by Gasteiger charge is 2.42. The second-order valence-corrected chi connectivity index (χ2v) is 5.85.